The lowest BCUT2D eigenvalue weighted by Gasteiger charge is -2.40. The molecular formula is C17H18FNO2. The summed E-state index contributed by atoms with van der Waals surface area (Å²) in [5, 5.41) is 10.1. The minimum Gasteiger partial charge on any atom is -0.485 e. The van der Waals surface area contributed by atoms with Crippen LogP contribution in [0.1, 0.15) is 11.7 Å². The molecule has 0 amide bonds. The predicted octanol–water partition coefficient (Wildman–Crippen LogP) is 2.62. The van der Waals surface area contributed by atoms with Crippen LogP contribution in [0.15, 0.2) is 54.6 Å². The summed E-state index contributed by atoms with van der Waals surface area (Å²) in [7, 11) is 0. The Balaban J connectivity index is 1.47. The lowest BCUT2D eigenvalue weighted by atomic mass is 10.1. The minimum absolute atomic E-state index is 0.00938. The summed E-state index contributed by atoms with van der Waals surface area (Å²) in [6.07, 6.45) is -0.509. The number of hydrogen-bond donors (Lipinski definition) is 1. The van der Waals surface area contributed by atoms with E-state index in [0.29, 0.717) is 25.4 Å². The molecule has 0 radical (unpaired) electrons. The molecule has 1 saturated heterocycles. The van der Waals surface area contributed by atoms with Crippen molar-refractivity contribution in [3.63, 3.8) is 0 Å². The highest BCUT2D eigenvalue weighted by molar-refractivity contribution is 5.24. The van der Waals surface area contributed by atoms with Gasteiger partial charge in [0.1, 0.15) is 6.10 Å². The maximum Gasteiger partial charge on any atom is 0.165 e. The van der Waals surface area contributed by atoms with Crippen LogP contribution in [0.4, 0.5) is 4.39 Å². The number of ether oxygens (including phenoxy) is 1. The van der Waals surface area contributed by atoms with Gasteiger partial charge in [-0.25, -0.2) is 4.39 Å². The van der Waals surface area contributed by atoms with Crippen molar-refractivity contribution >= 4 is 0 Å². The number of benzene rings is 2. The molecule has 0 saturated carbocycles. The van der Waals surface area contributed by atoms with Gasteiger partial charge in [0.25, 0.3) is 0 Å². The molecule has 0 spiro atoms. The largest absolute Gasteiger partial charge is 0.485 e. The first-order chi connectivity index (χ1) is 10.2. The average molecular weight is 287 g/mol. The summed E-state index contributed by atoms with van der Waals surface area (Å²) in [6, 6.07) is 16.0. The van der Waals surface area contributed by atoms with Crippen LogP contribution in [0.3, 0.4) is 0 Å². The second kappa shape index (κ2) is 6.24. The summed E-state index contributed by atoms with van der Waals surface area (Å²) in [5.41, 5.74) is 0.913. The molecule has 1 N–H and O–H groups in total. The Morgan fingerprint density at radius 1 is 1.10 bits per heavy atom. The normalized spacial score (nSPS) is 17.2. The van der Waals surface area contributed by atoms with E-state index in [9.17, 15) is 9.50 Å². The zero-order valence-electron chi connectivity index (χ0n) is 11.7. The molecule has 21 heavy (non-hydrogen) atoms. The van der Waals surface area contributed by atoms with Gasteiger partial charge in [-0.3, -0.25) is 4.90 Å². The quantitative estimate of drug-likeness (QED) is 0.917. The summed E-state index contributed by atoms with van der Waals surface area (Å²) in [6.45, 7) is 1.98. The van der Waals surface area contributed by atoms with Gasteiger partial charge in [0.2, 0.25) is 0 Å². The molecule has 1 aliphatic rings. The van der Waals surface area contributed by atoms with Crippen LogP contribution < -0.4 is 4.74 Å². The molecule has 0 aromatic heterocycles. The number of rotatable bonds is 5. The van der Waals surface area contributed by atoms with E-state index in [1.807, 2.05) is 30.3 Å². The topological polar surface area (TPSA) is 32.7 Å². The number of hydrogen-bond acceptors (Lipinski definition) is 3. The Kier molecular flexibility index (Phi) is 4.18. The van der Waals surface area contributed by atoms with Gasteiger partial charge in [-0.2, -0.15) is 0 Å². The molecule has 0 bridgehead atoms. The maximum atomic E-state index is 13.5. The van der Waals surface area contributed by atoms with Crippen molar-refractivity contribution in [2.45, 2.75) is 12.2 Å². The van der Waals surface area contributed by atoms with Crippen molar-refractivity contribution in [1.29, 1.82) is 0 Å². The Morgan fingerprint density at radius 3 is 2.48 bits per heavy atom. The number of nitrogens with zero attached hydrogens (tertiary/aromatic N) is 1. The third-order valence-electron chi connectivity index (χ3n) is 3.67. The van der Waals surface area contributed by atoms with Gasteiger partial charge in [0, 0.05) is 19.6 Å². The summed E-state index contributed by atoms with van der Waals surface area (Å²) >= 11 is 0. The first kappa shape index (κ1) is 14.0. The molecule has 1 fully saturated rings. The molecular weight excluding hydrogens is 269 g/mol. The molecule has 1 atom stereocenters. The maximum absolute atomic E-state index is 13.5. The highest BCUT2D eigenvalue weighted by Gasteiger charge is 2.30. The molecule has 0 aliphatic carbocycles. The molecule has 110 valence electrons. The predicted molar refractivity (Wildman–Crippen MR) is 78.7 cm³/mol. The second-order valence-electron chi connectivity index (χ2n) is 5.32. The van der Waals surface area contributed by atoms with Crippen LogP contribution in [-0.2, 0) is 0 Å². The van der Waals surface area contributed by atoms with Gasteiger partial charge in [0.05, 0.1) is 6.10 Å². The van der Waals surface area contributed by atoms with Crippen LogP contribution in [-0.4, -0.2) is 35.7 Å². The van der Waals surface area contributed by atoms with Crippen molar-refractivity contribution in [2.75, 3.05) is 19.6 Å². The second-order valence-corrected chi connectivity index (χ2v) is 5.32. The number of halogens is 1. The van der Waals surface area contributed by atoms with E-state index < -0.39 is 6.10 Å². The van der Waals surface area contributed by atoms with E-state index >= 15 is 0 Å². The van der Waals surface area contributed by atoms with Gasteiger partial charge in [-0.1, -0.05) is 42.5 Å². The van der Waals surface area contributed by atoms with Gasteiger partial charge < -0.3 is 9.84 Å². The molecule has 1 heterocycles. The monoisotopic (exact) mass is 287 g/mol. The molecule has 4 heteroatoms. The first-order valence-electron chi connectivity index (χ1n) is 7.09. The molecule has 3 rings (SSSR count). The van der Waals surface area contributed by atoms with Gasteiger partial charge in [-0.05, 0) is 17.7 Å². The highest BCUT2D eigenvalue weighted by Crippen LogP contribution is 2.23. The van der Waals surface area contributed by atoms with Crippen molar-refractivity contribution in [3.05, 3.63) is 66.0 Å². The Hall–Kier alpha value is -1.91. The van der Waals surface area contributed by atoms with E-state index in [1.54, 1.807) is 18.2 Å². The fourth-order valence-corrected chi connectivity index (χ4v) is 2.49. The zero-order valence-corrected chi connectivity index (χ0v) is 11.7. The molecule has 1 aliphatic heterocycles. The van der Waals surface area contributed by atoms with Gasteiger partial charge in [-0.15, -0.1) is 0 Å². The van der Waals surface area contributed by atoms with E-state index in [0.717, 1.165) is 5.56 Å². The zero-order chi connectivity index (χ0) is 14.7. The van der Waals surface area contributed by atoms with Crippen LogP contribution in [0, 0.1) is 5.82 Å². The van der Waals surface area contributed by atoms with Crippen molar-refractivity contribution < 1.29 is 14.2 Å². The van der Waals surface area contributed by atoms with Crippen molar-refractivity contribution in [2.24, 2.45) is 0 Å². The SMILES string of the molecule is O[C@H](CN1CC(Oc2ccccc2F)C1)c1ccccc1. The fourth-order valence-electron chi connectivity index (χ4n) is 2.49. The summed E-state index contributed by atoms with van der Waals surface area (Å²) in [5.74, 6) is -0.0361. The van der Waals surface area contributed by atoms with Gasteiger partial charge >= 0.3 is 0 Å². The molecule has 2 aromatic carbocycles. The van der Waals surface area contributed by atoms with E-state index in [1.165, 1.54) is 6.07 Å². The van der Waals surface area contributed by atoms with E-state index in [4.69, 9.17) is 4.74 Å². The average Bonchev–Trinajstić information content (AvgIpc) is 2.48. The smallest absolute Gasteiger partial charge is 0.165 e. The number of likely N-dealkylation sites (tertiary alicyclic amines) is 1. The fraction of sp³-hybridized carbons (Fsp3) is 0.294. The number of aliphatic hydroxyl groups excluding tert-OH is 1. The van der Waals surface area contributed by atoms with Crippen LogP contribution in [0.25, 0.3) is 0 Å². The summed E-state index contributed by atoms with van der Waals surface area (Å²) < 4.78 is 19.1. The molecule has 3 nitrogen and oxygen atoms in total. The van der Waals surface area contributed by atoms with Crippen LogP contribution in [0.5, 0.6) is 5.75 Å². The Bertz CT molecular complexity index is 584. The number of aliphatic hydroxyl groups is 1. The van der Waals surface area contributed by atoms with Crippen LogP contribution >= 0.6 is 0 Å². The Labute approximate surface area is 123 Å². The third kappa shape index (κ3) is 3.40. The highest BCUT2D eigenvalue weighted by atomic mass is 19.1. The minimum atomic E-state index is -0.499. The molecule has 2 aromatic rings. The van der Waals surface area contributed by atoms with Gasteiger partial charge in [0.15, 0.2) is 11.6 Å². The van der Waals surface area contributed by atoms with E-state index in [-0.39, 0.29) is 11.9 Å². The Morgan fingerprint density at radius 2 is 1.76 bits per heavy atom. The number of para-hydroxylation sites is 1. The lowest BCUT2D eigenvalue weighted by Crippen LogP contribution is -2.54. The van der Waals surface area contributed by atoms with E-state index in [2.05, 4.69) is 4.90 Å². The molecule has 0 unspecified atom stereocenters. The lowest BCUT2D eigenvalue weighted by molar-refractivity contribution is -0.0101. The number of β-amino-alcohol motifs (C(OH)–C–C–N with tert-alkyl or cyclic N) is 1. The summed E-state index contributed by atoms with van der Waals surface area (Å²) in [4.78, 5) is 2.10. The first-order valence-corrected chi connectivity index (χ1v) is 7.09. The third-order valence-corrected chi connectivity index (χ3v) is 3.67. The standard InChI is InChI=1S/C17H18FNO2/c18-15-8-4-5-9-17(15)21-14-10-19(11-14)12-16(20)13-6-2-1-3-7-13/h1-9,14,16,20H,10-12H2/t16-/m1/s1. The van der Waals surface area contributed by atoms with Crippen molar-refractivity contribution in [3.8, 4) is 5.75 Å². The van der Waals surface area contributed by atoms with Crippen molar-refractivity contribution in [1.82, 2.24) is 4.90 Å². The van der Waals surface area contributed by atoms with Crippen LogP contribution in [0.2, 0.25) is 0 Å².